The largest absolute Gasteiger partial charge is 0.490 e. The van der Waals surface area contributed by atoms with Crippen LogP contribution in [0.5, 0.6) is 5.75 Å². The molecule has 3 heteroatoms. The van der Waals surface area contributed by atoms with Crippen LogP contribution in [0.15, 0.2) is 54.9 Å². The van der Waals surface area contributed by atoms with Gasteiger partial charge in [-0.05, 0) is 17.7 Å². The summed E-state index contributed by atoms with van der Waals surface area (Å²) in [5.74, 6) is 0.744. The van der Waals surface area contributed by atoms with Gasteiger partial charge in [0, 0.05) is 6.20 Å². The first kappa shape index (κ1) is 10.6. The molecule has 0 saturated heterocycles. The van der Waals surface area contributed by atoms with E-state index in [2.05, 4.69) is 4.98 Å². The number of nitrogens with zero attached hydrogens (tertiary/aromatic N) is 1. The molecule has 0 saturated carbocycles. The maximum absolute atomic E-state index is 6.00. The van der Waals surface area contributed by atoms with Crippen LogP contribution in [0.4, 0.5) is 0 Å². The van der Waals surface area contributed by atoms with Crippen molar-refractivity contribution in [3.63, 3.8) is 0 Å². The molecule has 0 aliphatic heterocycles. The van der Waals surface area contributed by atoms with E-state index in [9.17, 15) is 0 Å². The Kier molecular flexibility index (Phi) is 3.51. The van der Waals surface area contributed by atoms with Crippen LogP contribution in [0.2, 0.25) is 0 Å². The Balaban J connectivity index is 1.92. The summed E-state index contributed by atoms with van der Waals surface area (Å²) in [6.45, 7) is 0.454. The van der Waals surface area contributed by atoms with E-state index in [-0.39, 0.29) is 6.04 Å². The molecule has 0 fully saturated rings. The smallest absolute Gasteiger partial charge is 0.137 e. The molecule has 2 aromatic rings. The molecule has 1 aromatic heterocycles. The third-order valence-electron chi connectivity index (χ3n) is 2.29. The maximum Gasteiger partial charge on any atom is 0.137 e. The predicted molar refractivity (Wildman–Crippen MR) is 63.1 cm³/mol. The van der Waals surface area contributed by atoms with Crippen LogP contribution >= 0.6 is 0 Å². The van der Waals surface area contributed by atoms with E-state index in [0.29, 0.717) is 6.61 Å². The zero-order chi connectivity index (χ0) is 11.2. The first-order valence-electron chi connectivity index (χ1n) is 5.19. The van der Waals surface area contributed by atoms with Crippen molar-refractivity contribution in [1.82, 2.24) is 4.98 Å². The normalized spacial score (nSPS) is 12.1. The molecule has 0 bridgehead atoms. The van der Waals surface area contributed by atoms with Crippen LogP contribution in [-0.4, -0.2) is 11.6 Å². The lowest BCUT2D eigenvalue weighted by molar-refractivity contribution is 0.289. The molecular weight excluding hydrogens is 200 g/mol. The van der Waals surface area contributed by atoms with Crippen LogP contribution in [0.1, 0.15) is 11.6 Å². The van der Waals surface area contributed by atoms with E-state index in [1.807, 2.05) is 42.5 Å². The van der Waals surface area contributed by atoms with Crippen LogP contribution in [0.25, 0.3) is 0 Å². The molecule has 0 aliphatic carbocycles. The van der Waals surface area contributed by atoms with Gasteiger partial charge in [0.15, 0.2) is 0 Å². The molecule has 0 radical (unpaired) electrons. The van der Waals surface area contributed by atoms with Gasteiger partial charge in [0.25, 0.3) is 0 Å². The second kappa shape index (κ2) is 5.28. The van der Waals surface area contributed by atoms with Crippen LogP contribution < -0.4 is 10.5 Å². The lowest BCUT2D eigenvalue weighted by atomic mass is 10.1. The monoisotopic (exact) mass is 214 g/mol. The van der Waals surface area contributed by atoms with Crippen molar-refractivity contribution in [2.45, 2.75) is 6.04 Å². The summed E-state index contributed by atoms with van der Waals surface area (Å²) in [7, 11) is 0. The lowest BCUT2D eigenvalue weighted by Gasteiger charge is -2.13. The molecule has 0 amide bonds. The highest BCUT2D eigenvalue weighted by molar-refractivity contribution is 5.20. The molecule has 3 nitrogen and oxygen atoms in total. The van der Waals surface area contributed by atoms with E-state index >= 15 is 0 Å². The summed E-state index contributed by atoms with van der Waals surface area (Å²) in [5, 5.41) is 0. The average molecular weight is 214 g/mol. The van der Waals surface area contributed by atoms with E-state index in [4.69, 9.17) is 10.5 Å². The van der Waals surface area contributed by atoms with Gasteiger partial charge in [-0.1, -0.05) is 30.3 Å². The van der Waals surface area contributed by atoms with Crippen molar-refractivity contribution in [3.05, 3.63) is 60.4 Å². The second-order valence-electron chi connectivity index (χ2n) is 3.52. The molecule has 0 unspecified atom stereocenters. The van der Waals surface area contributed by atoms with Gasteiger partial charge in [-0.2, -0.15) is 0 Å². The Labute approximate surface area is 94.9 Å². The van der Waals surface area contributed by atoms with E-state index in [0.717, 1.165) is 11.3 Å². The van der Waals surface area contributed by atoms with Gasteiger partial charge in [0.2, 0.25) is 0 Å². The Morgan fingerprint density at radius 2 is 1.94 bits per heavy atom. The van der Waals surface area contributed by atoms with Gasteiger partial charge in [-0.3, -0.25) is 4.98 Å². The summed E-state index contributed by atoms with van der Waals surface area (Å²) in [4.78, 5) is 3.97. The molecule has 0 aliphatic rings. The SMILES string of the molecule is N[C@@H](COc1cccnc1)c1ccccc1. The predicted octanol–water partition coefficient (Wildman–Crippen LogP) is 2.16. The number of ether oxygens (including phenoxy) is 1. The summed E-state index contributed by atoms with van der Waals surface area (Å²) >= 11 is 0. The third-order valence-corrected chi connectivity index (χ3v) is 2.29. The van der Waals surface area contributed by atoms with Crippen molar-refractivity contribution < 1.29 is 4.74 Å². The van der Waals surface area contributed by atoms with Crippen molar-refractivity contribution in [2.24, 2.45) is 5.73 Å². The zero-order valence-corrected chi connectivity index (χ0v) is 8.91. The van der Waals surface area contributed by atoms with E-state index in [1.54, 1.807) is 12.4 Å². The molecule has 1 atom stereocenters. The first-order valence-corrected chi connectivity index (χ1v) is 5.19. The van der Waals surface area contributed by atoms with Crippen molar-refractivity contribution in [1.29, 1.82) is 0 Å². The Hall–Kier alpha value is -1.87. The van der Waals surface area contributed by atoms with Gasteiger partial charge < -0.3 is 10.5 Å². The number of hydrogen-bond donors (Lipinski definition) is 1. The Morgan fingerprint density at radius 3 is 2.62 bits per heavy atom. The fourth-order valence-electron chi connectivity index (χ4n) is 1.41. The lowest BCUT2D eigenvalue weighted by Crippen LogP contribution is -2.18. The molecular formula is C13H14N2O. The third kappa shape index (κ3) is 2.81. The molecule has 1 aromatic carbocycles. The Morgan fingerprint density at radius 1 is 1.12 bits per heavy atom. The van der Waals surface area contributed by atoms with Crippen molar-refractivity contribution in [3.8, 4) is 5.75 Å². The standard InChI is InChI=1S/C13H14N2O/c14-13(11-5-2-1-3-6-11)10-16-12-7-4-8-15-9-12/h1-9,13H,10,14H2/t13-/m0/s1. The van der Waals surface area contributed by atoms with Gasteiger partial charge in [-0.25, -0.2) is 0 Å². The Bertz CT molecular complexity index is 416. The molecule has 0 spiro atoms. The average Bonchev–Trinajstić information content (AvgIpc) is 2.38. The highest BCUT2D eigenvalue weighted by Gasteiger charge is 2.05. The maximum atomic E-state index is 6.00. The molecule has 1 heterocycles. The number of hydrogen-bond acceptors (Lipinski definition) is 3. The van der Waals surface area contributed by atoms with Gasteiger partial charge in [0.05, 0.1) is 12.2 Å². The fraction of sp³-hybridized carbons (Fsp3) is 0.154. The summed E-state index contributed by atoms with van der Waals surface area (Å²) < 4.78 is 5.53. The summed E-state index contributed by atoms with van der Waals surface area (Å²) in [6, 6.07) is 13.5. The highest BCUT2D eigenvalue weighted by atomic mass is 16.5. The minimum atomic E-state index is -0.110. The topological polar surface area (TPSA) is 48.1 Å². The molecule has 16 heavy (non-hydrogen) atoms. The number of nitrogens with two attached hydrogens (primary N) is 1. The first-order chi connectivity index (χ1) is 7.86. The number of pyridine rings is 1. The van der Waals surface area contributed by atoms with Gasteiger partial charge >= 0.3 is 0 Å². The summed E-state index contributed by atoms with van der Waals surface area (Å²) in [6.07, 6.45) is 3.39. The van der Waals surface area contributed by atoms with E-state index < -0.39 is 0 Å². The van der Waals surface area contributed by atoms with Crippen LogP contribution in [-0.2, 0) is 0 Å². The van der Waals surface area contributed by atoms with Gasteiger partial charge in [0.1, 0.15) is 12.4 Å². The van der Waals surface area contributed by atoms with Crippen LogP contribution in [0.3, 0.4) is 0 Å². The molecule has 2 rings (SSSR count). The van der Waals surface area contributed by atoms with Crippen molar-refractivity contribution >= 4 is 0 Å². The van der Waals surface area contributed by atoms with Gasteiger partial charge in [-0.15, -0.1) is 0 Å². The zero-order valence-electron chi connectivity index (χ0n) is 8.91. The van der Waals surface area contributed by atoms with Crippen LogP contribution in [0, 0.1) is 0 Å². The summed E-state index contributed by atoms with van der Waals surface area (Å²) in [5.41, 5.74) is 7.07. The van der Waals surface area contributed by atoms with E-state index in [1.165, 1.54) is 0 Å². The molecule has 82 valence electrons. The van der Waals surface area contributed by atoms with Crippen molar-refractivity contribution in [2.75, 3.05) is 6.61 Å². The number of benzene rings is 1. The highest BCUT2D eigenvalue weighted by Crippen LogP contribution is 2.12. The fourth-order valence-corrected chi connectivity index (χ4v) is 1.41. The number of rotatable bonds is 4. The minimum Gasteiger partial charge on any atom is -0.490 e. The second-order valence-corrected chi connectivity index (χ2v) is 3.52. The number of aromatic nitrogens is 1. The quantitative estimate of drug-likeness (QED) is 0.848. The molecule has 2 N–H and O–H groups in total. The minimum absolute atomic E-state index is 0.110.